The lowest BCUT2D eigenvalue weighted by atomic mass is 10.1. The third-order valence-corrected chi connectivity index (χ3v) is 3.18. The first kappa shape index (κ1) is 16.4. The predicted octanol–water partition coefficient (Wildman–Crippen LogP) is 3.81. The molecule has 4 heteroatoms. The van der Waals surface area contributed by atoms with E-state index in [4.69, 9.17) is 16.3 Å². The largest absolute Gasteiger partial charge is 0.377 e. The zero-order valence-corrected chi connectivity index (χ0v) is 12.6. The van der Waals surface area contributed by atoms with E-state index >= 15 is 0 Å². The summed E-state index contributed by atoms with van der Waals surface area (Å²) in [6, 6.07) is 4.87. The molecule has 0 aliphatic heterocycles. The highest BCUT2D eigenvalue weighted by Crippen LogP contribution is 2.20. The van der Waals surface area contributed by atoms with E-state index in [0.717, 1.165) is 13.0 Å². The Bertz CT molecular complexity index is 364. The Kier molecular flexibility index (Phi) is 7.36. The Labute approximate surface area is 120 Å². The Morgan fingerprint density at radius 1 is 1.37 bits per heavy atom. The van der Waals surface area contributed by atoms with Crippen LogP contribution in [0.15, 0.2) is 18.2 Å². The van der Waals surface area contributed by atoms with Crippen molar-refractivity contribution in [3.8, 4) is 0 Å². The van der Waals surface area contributed by atoms with Gasteiger partial charge in [-0.25, -0.2) is 4.39 Å². The molecule has 0 radical (unpaired) electrons. The van der Waals surface area contributed by atoms with Crippen LogP contribution in [0.4, 0.5) is 4.39 Å². The van der Waals surface area contributed by atoms with Crippen LogP contribution in [0.1, 0.15) is 32.8 Å². The minimum absolute atomic E-state index is 0.0803. The summed E-state index contributed by atoms with van der Waals surface area (Å²) in [7, 11) is 0. The van der Waals surface area contributed by atoms with E-state index in [1.165, 1.54) is 6.07 Å². The van der Waals surface area contributed by atoms with E-state index in [1.807, 2.05) is 13.8 Å². The first-order valence-corrected chi connectivity index (χ1v) is 7.20. The quantitative estimate of drug-likeness (QED) is 0.785. The number of ether oxygens (including phenoxy) is 1. The van der Waals surface area contributed by atoms with Crippen LogP contribution in [0.3, 0.4) is 0 Å². The third kappa shape index (κ3) is 5.89. The van der Waals surface area contributed by atoms with Gasteiger partial charge in [-0.1, -0.05) is 24.6 Å². The van der Waals surface area contributed by atoms with Crippen molar-refractivity contribution in [2.45, 2.75) is 45.8 Å². The van der Waals surface area contributed by atoms with Gasteiger partial charge in [-0.2, -0.15) is 0 Å². The molecule has 1 N–H and O–H groups in total. The zero-order valence-electron chi connectivity index (χ0n) is 11.9. The standard InChI is InChI=1S/C15H23ClFNO/c1-4-8-18-12(10-19-11(2)3)9-13-14(16)6-5-7-15(13)17/h5-7,11-12,18H,4,8-10H2,1-3H3. The second-order valence-corrected chi connectivity index (χ2v) is 5.34. The summed E-state index contributed by atoms with van der Waals surface area (Å²) in [6.07, 6.45) is 1.74. The molecule has 2 nitrogen and oxygen atoms in total. The fourth-order valence-electron chi connectivity index (χ4n) is 1.82. The summed E-state index contributed by atoms with van der Waals surface area (Å²) in [5, 5.41) is 3.86. The van der Waals surface area contributed by atoms with E-state index in [0.29, 0.717) is 23.6 Å². The molecule has 0 saturated heterocycles. The Morgan fingerprint density at radius 3 is 2.68 bits per heavy atom. The molecule has 0 saturated carbocycles. The first-order chi connectivity index (χ1) is 9.04. The van der Waals surface area contributed by atoms with E-state index in [-0.39, 0.29) is 18.0 Å². The second-order valence-electron chi connectivity index (χ2n) is 4.94. The van der Waals surface area contributed by atoms with Gasteiger partial charge in [0.1, 0.15) is 5.82 Å². The summed E-state index contributed by atoms with van der Waals surface area (Å²) in [6.45, 7) is 7.53. The molecule has 0 aromatic heterocycles. The van der Waals surface area contributed by atoms with E-state index in [1.54, 1.807) is 12.1 Å². The van der Waals surface area contributed by atoms with Crippen molar-refractivity contribution in [2.24, 2.45) is 0 Å². The Balaban J connectivity index is 2.69. The molecular formula is C15H23ClFNO. The molecule has 0 aliphatic carbocycles. The van der Waals surface area contributed by atoms with Gasteiger partial charge >= 0.3 is 0 Å². The number of hydrogen-bond acceptors (Lipinski definition) is 2. The molecule has 108 valence electrons. The van der Waals surface area contributed by atoms with Gasteiger partial charge in [-0.15, -0.1) is 0 Å². The maximum Gasteiger partial charge on any atom is 0.127 e. The Hall–Kier alpha value is -0.640. The molecule has 0 bridgehead atoms. The topological polar surface area (TPSA) is 21.3 Å². The van der Waals surface area contributed by atoms with Gasteiger partial charge in [0.2, 0.25) is 0 Å². The van der Waals surface area contributed by atoms with Crippen LogP contribution in [-0.4, -0.2) is 25.3 Å². The fraction of sp³-hybridized carbons (Fsp3) is 0.600. The van der Waals surface area contributed by atoms with Crippen LogP contribution in [0, 0.1) is 5.82 Å². The maximum atomic E-state index is 13.8. The highest BCUT2D eigenvalue weighted by atomic mass is 35.5. The van der Waals surface area contributed by atoms with Gasteiger partial charge in [0.05, 0.1) is 12.7 Å². The summed E-state index contributed by atoms with van der Waals surface area (Å²) in [5.74, 6) is -0.250. The number of hydrogen-bond donors (Lipinski definition) is 1. The number of nitrogens with one attached hydrogen (secondary N) is 1. The molecule has 1 aromatic rings. The number of rotatable bonds is 8. The van der Waals surface area contributed by atoms with E-state index in [2.05, 4.69) is 12.2 Å². The highest BCUT2D eigenvalue weighted by Gasteiger charge is 2.15. The van der Waals surface area contributed by atoms with Gasteiger partial charge in [-0.05, 0) is 45.4 Å². The van der Waals surface area contributed by atoms with Crippen LogP contribution in [0.25, 0.3) is 0 Å². The van der Waals surface area contributed by atoms with Crippen molar-refractivity contribution in [2.75, 3.05) is 13.2 Å². The minimum atomic E-state index is -0.250. The summed E-state index contributed by atoms with van der Waals surface area (Å²) in [5.41, 5.74) is 0.560. The van der Waals surface area contributed by atoms with E-state index in [9.17, 15) is 4.39 Å². The first-order valence-electron chi connectivity index (χ1n) is 6.82. The lowest BCUT2D eigenvalue weighted by Crippen LogP contribution is -2.37. The van der Waals surface area contributed by atoms with Crippen molar-refractivity contribution < 1.29 is 9.13 Å². The smallest absolute Gasteiger partial charge is 0.127 e. The third-order valence-electron chi connectivity index (χ3n) is 2.83. The molecule has 1 rings (SSSR count). The Morgan fingerprint density at radius 2 is 2.11 bits per heavy atom. The van der Waals surface area contributed by atoms with E-state index < -0.39 is 0 Å². The van der Waals surface area contributed by atoms with Gasteiger partial charge in [0, 0.05) is 16.6 Å². The molecule has 0 spiro atoms. The number of halogens is 2. The predicted molar refractivity (Wildman–Crippen MR) is 78.3 cm³/mol. The monoisotopic (exact) mass is 287 g/mol. The van der Waals surface area contributed by atoms with Crippen LogP contribution >= 0.6 is 11.6 Å². The van der Waals surface area contributed by atoms with Crippen molar-refractivity contribution in [3.63, 3.8) is 0 Å². The summed E-state index contributed by atoms with van der Waals surface area (Å²) in [4.78, 5) is 0. The molecule has 0 heterocycles. The average Bonchev–Trinajstić information content (AvgIpc) is 2.36. The molecule has 1 atom stereocenters. The summed E-state index contributed by atoms with van der Waals surface area (Å²) < 4.78 is 19.4. The molecule has 1 unspecified atom stereocenters. The van der Waals surface area contributed by atoms with Crippen LogP contribution in [0.5, 0.6) is 0 Å². The van der Waals surface area contributed by atoms with Crippen molar-refractivity contribution in [1.82, 2.24) is 5.32 Å². The minimum Gasteiger partial charge on any atom is -0.377 e. The normalized spacial score (nSPS) is 12.9. The van der Waals surface area contributed by atoms with Crippen molar-refractivity contribution >= 4 is 11.6 Å². The van der Waals surface area contributed by atoms with Crippen molar-refractivity contribution in [1.29, 1.82) is 0 Å². The van der Waals surface area contributed by atoms with Gasteiger partial charge in [-0.3, -0.25) is 0 Å². The second kappa shape index (κ2) is 8.51. The van der Waals surface area contributed by atoms with Crippen molar-refractivity contribution in [3.05, 3.63) is 34.6 Å². The molecule has 0 aliphatic rings. The molecule has 19 heavy (non-hydrogen) atoms. The molecule has 1 aromatic carbocycles. The number of benzene rings is 1. The molecule has 0 amide bonds. The average molecular weight is 288 g/mol. The summed E-state index contributed by atoms with van der Waals surface area (Å²) >= 11 is 6.06. The van der Waals surface area contributed by atoms with Crippen LogP contribution in [0.2, 0.25) is 5.02 Å². The van der Waals surface area contributed by atoms with Gasteiger partial charge in [0.15, 0.2) is 0 Å². The van der Waals surface area contributed by atoms with Gasteiger partial charge in [0.25, 0.3) is 0 Å². The maximum absolute atomic E-state index is 13.8. The SMILES string of the molecule is CCCNC(COC(C)C)Cc1c(F)cccc1Cl. The highest BCUT2D eigenvalue weighted by molar-refractivity contribution is 6.31. The van der Waals surface area contributed by atoms with Gasteiger partial charge < -0.3 is 10.1 Å². The van der Waals surface area contributed by atoms with Crippen LogP contribution in [-0.2, 0) is 11.2 Å². The van der Waals surface area contributed by atoms with Crippen LogP contribution < -0.4 is 5.32 Å². The fourth-order valence-corrected chi connectivity index (χ4v) is 2.06. The lowest BCUT2D eigenvalue weighted by molar-refractivity contribution is 0.0611. The lowest BCUT2D eigenvalue weighted by Gasteiger charge is -2.21. The zero-order chi connectivity index (χ0) is 14.3. The molecule has 0 fully saturated rings. The molecular weight excluding hydrogens is 265 g/mol.